The number of para-hydroxylation sites is 1. The van der Waals surface area contributed by atoms with Crippen LogP contribution in [0.15, 0.2) is 30.5 Å². The zero-order valence-corrected chi connectivity index (χ0v) is 15.5. The highest BCUT2D eigenvalue weighted by Gasteiger charge is 2.23. The molecular weight excluding hydrogens is 382 g/mol. The van der Waals surface area contributed by atoms with E-state index in [-0.39, 0.29) is 13.0 Å². The van der Waals surface area contributed by atoms with E-state index in [1.54, 1.807) is 6.20 Å². The Morgan fingerprint density at radius 3 is 2.41 bits per heavy atom. The number of nitrogens with two attached hydrogens (primary N) is 1. The van der Waals surface area contributed by atoms with Gasteiger partial charge in [0.1, 0.15) is 12.1 Å². The van der Waals surface area contributed by atoms with Crippen molar-refractivity contribution in [1.82, 2.24) is 20.9 Å². The molecule has 0 saturated heterocycles. The van der Waals surface area contributed by atoms with Crippen LogP contribution in [0.5, 0.6) is 0 Å². The largest absolute Gasteiger partial charge is 0.480 e. The molecule has 0 fully saturated rings. The lowest BCUT2D eigenvalue weighted by molar-refractivity contribution is -0.141. The molecule has 29 heavy (non-hydrogen) atoms. The summed E-state index contributed by atoms with van der Waals surface area (Å²) >= 11 is 0. The van der Waals surface area contributed by atoms with Gasteiger partial charge in [-0.25, -0.2) is 4.79 Å². The number of carbonyl (C=O) groups excluding carboxylic acids is 3. The lowest BCUT2D eigenvalue weighted by Gasteiger charge is -2.17. The number of fused-ring (bicyclic) bond motifs is 1. The Morgan fingerprint density at radius 1 is 1.07 bits per heavy atom. The van der Waals surface area contributed by atoms with E-state index >= 15 is 0 Å². The third kappa shape index (κ3) is 6.02. The van der Waals surface area contributed by atoms with Crippen LogP contribution in [0, 0.1) is 0 Å². The Morgan fingerprint density at radius 2 is 1.76 bits per heavy atom. The number of carboxylic acid groups (broad SMARTS) is 1. The maximum absolute atomic E-state index is 12.1. The maximum Gasteiger partial charge on any atom is 0.326 e. The fourth-order valence-corrected chi connectivity index (χ4v) is 2.70. The first-order chi connectivity index (χ1) is 13.8. The molecule has 0 saturated carbocycles. The molecule has 0 aliphatic rings. The Bertz CT molecular complexity index is 896. The number of amides is 3. The number of hydrogen-bond acceptors (Lipinski definition) is 6. The molecule has 0 aliphatic heterocycles. The fourth-order valence-electron chi connectivity index (χ4n) is 2.70. The van der Waals surface area contributed by atoms with Crippen LogP contribution in [0.4, 0.5) is 0 Å². The highest BCUT2D eigenvalue weighted by atomic mass is 16.4. The topological polar surface area (TPSA) is 187 Å². The summed E-state index contributed by atoms with van der Waals surface area (Å²) in [5.74, 6) is -3.40. The predicted molar refractivity (Wildman–Crippen MR) is 103 cm³/mol. The number of nitrogens with one attached hydrogen (secondary N) is 4. The highest BCUT2D eigenvalue weighted by molar-refractivity contribution is 5.92. The number of aliphatic carboxylic acids is 1. The maximum atomic E-state index is 12.1. The smallest absolute Gasteiger partial charge is 0.326 e. The molecule has 11 nitrogen and oxygen atoms in total. The Hall–Kier alpha value is -3.44. The summed E-state index contributed by atoms with van der Waals surface area (Å²) in [4.78, 5) is 49.8. The van der Waals surface area contributed by atoms with E-state index in [4.69, 9.17) is 10.8 Å². The molecule has 1 aromatic carbocycles. The summed E-state index contributed by atoms with van der Waals surface area (Å²) in [6, 6.07) is 4.89. The van der Waals surface area contributed by atoms with Crippen LogP contribution >= 0.6 is 0 Å². The van der Waals surface area contributed by atoms with Gasteiger partial charge in [-0.05, 0) is 11.6 Å². The molecule has 2 aromatic rings. The number of aromatic amines is 1. The molecule has 0 bridgehead atoms. The van der Waals surface area contributed by atoms with E-state index in [9.17, 15) is 24.3 Å². The Labute approximate surface area is 165 Å². The first-order valence-electron chi connectivity index (χ1n) is 8.80. The summed E-state index contributed by atoms with van der Waals surface area (Å²) in [5, 5.41) is 26.2. The van der Waals surface area contributed by atoms with Gasteiger partial charge in [0, 0.05) is 23.5 Å². The second-order valence-corrected chi connectivity index (χ2v) is 6.25. The van der Waals surface area contributed by atoms with Crippen molar-refractivity contribution >= 4 is 34.6 Å². The van der Waals surface area contributed by atoms with Crippen LogP contribution in [0.25, 0.3) is 10.9 Å². The molecule has 1 heterocycles. The van der Waals surface area contributed by atoms with E-state index in [0.29, 0.717) is 0 Å². The fraction of sp³-hybridized carbons (Fsp3) is 0.333. The van der Waals surface area contributed by atoms with Crippen molar-refractivity contribution in [3.63, 3.8) is 0 Å². The van der Waals surface area contributed by atoms with Crippen molar-refractivity contribution in [3.8, 4) is 0 Å². The van der Waals surface area contributed by atoms with Crippen LogP contribution in [-0.4, -0.2) is 70.7 Å². The van der Waals surface area contributed by atoms with Crippen LogP contribution in [0.1, 0.15) is 5.56 Å². The van der Waals surface area contributed by atoms with Crippen LogP contribution in [0.2, 0.25) is 0 Å². The minimum atomic E-state index is -1.26. The van der Waals surface area contributed by atoms with Gasteiger partial charge in [-0.15, -0.1) is 0 Å². The van der Waals surface area contributed by atoms with Gasteiger partial charge < -0.3 is 36.9 Å². The van der Waals surface area contributed by atoms with Crippen molar-refractivity contribution in [3.05, 3.63) is 36.0 Å². The number of aliphatic hydroxyl groups excluding tert-OH is 1. The molecule has 0 aliphatic carbocycles. The second-order valence-electron chi connectivity index (χ2n) is 6.25. The lowest BCUT2D eigenvalue weighted by Crippen LogP contribution is -2.53. The highest BCUT2D eigenvalue weighted by Crippen LogP contribution is 2.19. The minimum Gasteiger partial charge on any atom is -0.480 e. The van der Waals surface area contributed by atoms with Gasteiger partial charge in [0.15, 0.2) is 0 Å². The van der Waals surface area contributed by atoms with E-state index < -0.39 is 48.9 Å². The number of aromatic nitrogens is 1. The molecular formula is C18H23N5O6. The average Bonchev–Trinajstić information content (AvgIpc) is 3.12. The summed E-state index contributed by atoms with van der Waals surface area (Å²) in [6.07, 6.45) is 1.73. The number of aliphatic hydroxyl groups is 1. The zero-order chi connectivity index (χ0) is 21.4. The third-order valence-electron chi connectivity index (χ3n) is 4.18. The van der Waals surface area contributed by atoms with Gasteiger partial charge in [-0.1, -0.05) is 18.2 Å². The second kappa shape index (κ2) is 10.2. The molecule has 1 aromatic heterocycles. The summed E-state index contributed by atoms with van der Waals surface area (Å²) < 4.78 is 0. The molecule has 3 amide bonds. The summed E-state index contributed by atoms with van der Waals surface area (Å²) in [6.45, 7) is -1.57. The summed E-state index contributed by atoms with van der Waals surface area (Å²) in [7, 11) is 0. The van der Waals surface area contributed by atoms with Gasteiger partial charge in [0.25, 0.3) is 0 Å². The minimum absolute atomic E-state index is 0.0465. The number of rotatable bonds is 10. The Kier molecular flexibility index (Phi) is 7.69. The predicted octanol–water partition coefficient (Wildman–Crippen LogP) is -2.17. The number of carboxylic acids is 1. The molecule has 2 atom stereocenters. The van der Waals surface area contributed by atoms with Crippen molar-refractivity contribution in [2.75, 3.05) is 19.7 Å². The standard InChI is InChI=1S/C18H23N5O6/c19-6-15(25)23-14(9-24)17(27)21-8-16(26)22-13(18(28)29)5-10-7-20-12-4-2-1-3-11(10)12/h1-4,7,13-14,20,24H,5-6,8-9,19H2,(H,21,27)(H,22,26)(H,23,25)(H,28,29). The quantitative estimate of drug-likeness (QED) is 0.234. The van der Waals surface area contributed by atoms with E-state index in [1.165, 1.54) is 0 Å². The number of benzene rings is 1. The SMILES string of the molecule is NCC(=O)NC(CO)C(=O)NCC(=O)NC(Cc1c[nH]c2ccccc12)C(=O)O. The molecule has 156 valence electrons. The van der Waals surface area contributed by atoms with Crippen LogP contribution in [0.3, 0.4) is 0 Å². The van der Waals surface area contributed by atoms with Crippen molar-refractivity contribution < 1.29 is 29.4 Å². The van der Waals surface area contributed by atoms with Gasteiger partial charge in [0.2, 0.25) is 17.7 Å². The van der Waals surface area contributed by atoms with Gasteiger partial charge in [-0.2, -0.15) is 0 Å². The molecule has 2 rings (SSSR count). The van der Waals surface area contributed by atoms with Crippen molar-refractivity contribution in [2.24, 2.45) is 5.73 Å². The van der Waals surface area contributed by atoms with Crippen LogP contribution < -0.4 is 21.7 Å². The van der Waals surface area contributed by atoms with Crippen molar-refractivity contribution in [2.45, 2.75) is 18.5 Å². The first-order valence-corrected chi connectivity index (χ1v) is 8.80. The molecule has 0 radical (unpaired) electrons. The molecule has 11 heteroatoms. The number of H-pyrrole nitrogens is 1. The first kappa shape index (κ1) is 21.9. The van der Waals surface area contributed by atoms with Gasteiger partial charge in [-0.3, -0.25) is 14.4 Å². The van der Waals surface area contributed by atoms with Gasteiger partial charge in [0.05, 0.1) is 19.7 Å². The molecule has 8 N–H and O–H groups in total. The monoisotopic (exact) mass is 405 g/mol. The van der Waals surface area contributed by atoms with E-state index in [2.05, 4.69) is 20.9 Å². The van der Waals surface area contributed by atoms with E-state index in [0.717, 1.165) is 16.5 Å². The molecule has 2 unspecified atom stereocenters. The van der Waals surface area contributed by atoms with Crippen LogP contribution in [-0.2, 0) is 25.6 Å². The summed E-state index contributed by atoms with van der Waals surface area (Å²) in [5.41, 5.74) is 6.69. The number of carbonyl (C=O) groups is 4. The number of hydrogen-bond donors (Lipinski definition) is 7. The zero-order valence-electron chi connectivity index (χ0n) is 15.5. The lowest BCUT2D eigenvalue weighted by atomic mass is 10.0. The Balaban J connectivity index is 1.93. The third-order valence-corrected chi connectivity index (χ3v) is 4.18. The van der Waals surface area contributed by atoms with Crippen molar-refractivity contribution in [1.29, 1.82) is 0 Å². The normalized spacial score (nSPS) is 12.8. The average molecular weight is 405 g/mol. The van der Waals surface area contributed by atoms with Gasteiger partial charge >= 0.3 is 5.97 Å². The molecule has 0 spiro atoms. The van der Waals surface area contributed by atoms with E-state index in [1.807, 2.05) is 24.3 Å².